The lowest BCUT2D eigenvalue weighted by Crippen LogP contribution is -2.29. The number of amides is 1. The van der Waals surface area contributed by atoms with E-state index in [1.807, 2.05) is 12.1 Å². The fraction of sp³-hybridized carbons (Fsp3) is 0.643. The number of hydrogen-bond acceptors (Lipinski definition) is 11. The van der Waals surface area contributed by atoms with Crippen molar-refractivity contribution in [1.29, 1.82) is 0 Å². The largest absolute Gasteiger partial charge is 0.393 e. The zero-order chi connectivity index (χ0) is 28.6. The third-order valence-electron chi connectivity index (χ3n) is 6.50. The Kier molecular flexibility index (Phi) is 13.8. The fourth-order valence-electron chi connectivity index (χ4n) is 4.17. The first-order valence-electron chi connectivity index (χ1n) is 14.3. The summed E-state index contributed by atoms with van der Waals surface area (Å²) in [5, 5.41) is 22.7. The Hall–Kier alpha value is -3.06. The molecule has 1 aliphatic rings. The summed E-state index contributed by atoms with van der Waals surface area (Å²) in [6.45, 7) is 8.43. The van der Waals surface area contributed by atoms with Crippen LogP contribution in [0.15, 0.2) is 24.3 Å². The predicted molar refractivity (Wildman–Crippen MR) is 156 cm³/mol. The number of hydrogen-bond donors (Lipinski definition) is 6. The second kappa shape index (κ2) is 17.6. The van der Waals surface area contributed by atoms with Crippen molar-refractivity contribution >= 4 is 23.8 Å². The molecule has 3 rings (SSSR count). The second-order valence-electron chi connectivity index (χ2n) is 10.4. The Morgan fingerprint density at radius 3 is 2.25 bits per heavy atom. The molecule has 12 heteroatoms. The van der Waals surface area contributed by atoms with Gasteiger partial charge in [0.05, 0.1) is 32.5 Å². The number of nitrogens with two attached hydrogens (primary N) is 1. The molecule has 1 aromatic carbocycles. The highest BCUT2D eigenvalue weighted by molar-refractivity contribution is 5.94. The number of benzene rings is 1. The molecule has 0 aliphatic heterocycles. The van der Waals surface area contributed by atoms with Gasteiger partial charge in [-0.15, -0.1) is 0 Å². The first-order valence-corrected chi connectivity index (χ1v) is 14.3. The summed E-state index contributed by atoms with van der Waals surface area (Å²) >= 11 is 0. The van der Waals surface area contributed by atoms with Gasteiger partial charge in [-0.05, 0) is 55.7 Å². The van der Waals surface area contributed by atoms with Gasteiger partial charge in [0.1, 0.15) is 0 Å². The Labute approximate surface area is 237 Å². The number of ether oxygens (including phenoxy) is 2. The highest BCUT2D eigenvalue weighted by atomic mass is 16.5. The summed E-state index contributed by atoms with van der Waals surface area (Å²) in [6.07, 6.45) is 4.10. The normalized spacial score (nSPS) is 17.0. The summed E-state index contributed by atoms with van der Waals surface area (Å²) in [7, 11) is 0. The molecule has 1 aromatic heterocycles. The minimum atomic E-state index is -0.217. The van der Waals surface area contributed by atoms with Crippen LogP contribution in [-0.2, 0) is 16.0 Å². The van der Waals surface area contributed by atoms with Crippen molar-refractivity contribution in [2.24, 2.45) is 11.7 Å². The summed E-state index contributed by atoms with van der Waals surface area (Å²) in [5.74, 6) is 1.93. The number of aliphatic hydroxyl groups is 1. The van der Waals surface area contributed by atoms with E-state index in [9.17, 15) is 9.90 Å². The molecule has 222 valence electrons. The number of rotatable bonds is 18. The first kappa shape index (κ1) is 31.5. The quantitative estimate of drug-likeness (QED) is 0.149. The molecule has 2 aromatic rings. The number of carbonyl (C=O) groups is 1. The van der Waals surface area contributed by atoms with Gasteiger partial charge in [-0.3, -0.25) is 4.79 Å². The third-order valence-corrected chi connectivity index (χ3v) is 6.50. The molecule has 1 amide bonds. The van der Waals surface area contributed by atoms with Gasteiger partial charge in [-0.2, -0.15) is 15.0 Å². The Morgan fingerprint density at radius 1 is 0.925 bits per heavy atom. The zero-order valence-electron chi connectivity index (χ0n) is 23.8. The van der Waals surface area contributed by atoms with Crippen LogP contribution in [0.3, 0.4) is 0 Å². The summed E-state index contributed by atoms with van der Waals surface area (Å²) in [5.41, 5.74) is 6.93. The lowest BCUT2D eigenvalue weighted by Gasteiger charge is -2.26. The number of anilines is 3. The van der Waals surface area contributed by atoms with Crippen LogP contribution in [0.2, 0.25) is 0 Å². The maximum Gasteiger partial charge on any atom is 0.251 e. The molecule has 1 heterocycles. The molecular formula is C28H46N8O4. The monoisotopic (exact) mass is 558 g/mol. The van der Waals surface area contributed by atoms with Crippen LogP contribution < -0.4 is 27.0 Å². The van der Waals surface area contributed by atoms with E-state index in [-0.39, 0.29) is 18.1 Å². The molecule has 40 heavy (non-hydrogen) atoms. The topological polar surface area (TPSA) is 169 Å². The fourth-order valence-corrected chi connectivity index (χ4v) is 4.17. The molecule has 1 saturated carbocycles. The molecule has 12 nitrogen and oxygen atoms in total. The van der Waals surface area contributed by atoms with Crippen molar-refractivity contribution in [3.05, 3.63) is 35.4 Å². The van der Waals surface area contributed by atoms with E-state index in [1.165, 1.54) is 0 Å². The lowest BCUT2D eigenvalue weighted by molar-refractivity contribution is 0.0511. The van der Waals surface area contributed by atoms with Crippen LogP contribution in [0.1, 0.15) is 61.9 Å². The second-order valence-corrected chi connectivity index (χ2v) is 10.4. The molecule has 1 fully saturated rings. The van der Waals surface area contributed by atoms with Gasteiger partial charge in [0, 0.05) is 37.8 Å². The average Bonchev–Trinajstić information content (AvgIpc) is 2.94. The minimum Gasteiger partial charge on any atom is -0.393 e. The number of aromatic nitrogens is 3. The van der Waals surface area contributed by atoms with Crippen molar-refractivity contribution in [2.45, 2.75) is 64.6 Å². The Balaban J connectivity index is 1.50. The van der Waals surface area contributed by atoms with Crippen molar-refractivity contribution in [1.82, 2.24) is 20.3 Å². The van der Waals surface area contributed by atoms with Crippen molar-refractivity contribution < 1.29 is 19.4 Å². The standard InChI is InChI=1S/C28H46N8O4/c1-20(2)11-13-31-26-34-27(36-28(35-26)33-23-7-9-24(37)10-8-23)32-19-21-3-5-22(6-4-21)25(38)30-14-16-40-18-17-39-15-12-29/h3-6,20,23-24,37H,7-19,29H2,1-2H3,(H,30,38)(H3,31,32,33,34,35,36). The number of aliphatic hydroxyl groups excluding tert-OH is 1. The first-order chi connectivity index (χ1) is 19.4. The molecule has 0 spiro atoms. The number of nitrogens with zero attached hydrogens (tertiary/aromatic N) is 3. The van der Waals surface area contributed by atoms with Crippen molar-refractivity contribution in [2.75, 3.05) is 62.0 Å². The summed E-state index contributed by atoms with van der Waals surface area (Å²) in [4.78, 5) is 26.1. The van der Waals surface area contributed by atoms with Crippen LogP contribution in [-0.4, -0.2) is 84.2 Å². The Morgan fingerprint density at radius 2 is 1.57 bits per heavy atom. The average molecular weight is 559 g/mol. The molecule has 0 unspecified atom stereocenters. The maximum atomic E-state index is 12.4. The smallest absolute Gasteiger partial charge is 0.251 e. The van der Waals surface area contributed by atoms with E-state index >= 15 is 0 Å². The highest BCUT2D eigenvalue weighted by Gasteiger charge is 2.20. The summed E-state index contributed by atoms with van der Waals surface area (Å²) < 4.78 is 10.7. The third kappa shape index (κ3) is 12.0. The van der Waals surface area contributed by atoms with E-state index in [4.69, 9.17) is 15.2 Å². The molecule has 0 radical (unpaired) electrons. The molecule has 0 atom stereocenters. The molecular weight excluding hydrogens is 512 g/mol. The number of nitrogens with one attached hydrogen (secondary N) is 4. The number of carbonyl (C=O) groups excluding carboxylic acids is 1. The van der Waals surface area contributed by atoms with Crippen LogP contribution in [0.4, 0.5) is 17.8 Å². The van der Waals surface area contributed by atoms with Gasteiger partial charge in [0.15, 0.2) is 0 Å². The molecule has 0 saturated heterocycles. The highest BCUT2D eigenvalue weighted by Crippen LogP contribution is 2.22. The van der Waals surface area contributed by atoms with Gasteiger partial charge in [-0.25, -0.2) is 0 Å². The SMILES string of the molecule is CC(C)CCNc1nc(NCc2ccc(C(=O)NCCOCCOCCN)cc2)nc(NC2CCC(O)CC2)n1. The summed E-state index contributed by atoms with van der Waals surface area (Å²) in [6, 6.07) is 7.63. The van der Waals surface area contributed by atoms with Crippen molar-refractivity contribution in [3.63, 3.8) is 0 Å². The molecule has 0 bridgehead atoms. The van der Waals surface area contributed by atoms with Crippen LogP contribution in [0.5, 0.6) is 0 Å². The maximum absolute atomic E-state index is 12.4. The van der Waals surface area contributed by atoms with Gasteiger partial charge >= 0.3 is 0 Å². The minimum absolute atomic E-state index is 0.150. The lowest BCUT2D eigenvalue weighted by atomic mass is 9.93. The van der Waals surface area contributed by atoms with Gasteiger partial charge in [0.2, 0.25) is 17.8 Å². The Bertz CT molecular complexity index is 1000. The van der Waals surface area contributed by atoms with Gasteiger partial charge in [-0.1, -0.05) is 26.0 Å². The van der Waals surface area contributed by atoms with Crippen LogP contribution >= 0.6 is 0 Å². The molecule has 1 aliphatic carbocycles. The molecule has 7 N–H and O–H groups in total. The van der Waals surface area contributed by atoms with E-state index in [1.54, 1.807) is 12.1 Å². The van der Waals surface area contributed by atoms with E-state index in [0.717, 1.165) is 44.2 Å². The van der Waals surface area contributed by atoms with E-state index in [0.29, 0.717) is 75.4 Å². The predicted octanol–water partition coefficient (Wildman–Crippen LogP) is 2.38. The van der Waals surface area contributed by atoms with Gasteiger partial charge in [0.25, 0.3) is 5.91 Å². The zero-order valence-corrected chi connectivity index (χ0v) is 23.8. The van der Waals surface area contributed by atoms with Crippen LogP contribution in [0.25, 0.3) is 0 Å². The van der Waals surface area contributed by atoms with E-state index < -0.39 is 0 Å². The van der Waals surface area contributed by atoms with Crippen LogP contribution in [0, 0.1) is 5.92 Å². The van der Waals surface area contributed by atoms with E-state index in [2.05, 4.69) is 50.1 Å². The van der Waals surface area contributed by atoms with Crippen molar-refractivity contribution in [3.8, 4) is 0 Å². The van der Waals surface area contributed by atoms with Gasteiger partial charge < -0.3 is 41.6 Å².